The van der Waals surface area contributed by atoms with Crippen molar-refractivity contribution in [3.8, 4) is 17.2 Å². The number of nitrogens with one attached hydrogen (secondary N) is 1. The molecular formula is C15H20NNaO12. The molecule has 0 radical (unpaired) electrons. The molecule has 1 aromatic carbocycles. The molecule has 0 heterocycles. The van der Waals surface area contributed by atoms with Crippen molar-refractivity contribution in [1.82, 2.24) is 5.32 Å². The van der Waals surface area contributed by atoms with Crippen LogP contribution in [0.15, 0.2) is 12.1 Å². The Morgan fingerprint density at radius 3 is 2.00 bits per heavy atom. The number of carbonyl (C=O) groups excluding carboxylic acids is 3. The van der Waals surface area contributed by atoms with Crippen molar-refractivity contribution in [3.63, 3.8) is 0 Å². The minimum atomic E-state index is -3.26. The molecule has 13 nitrogen and oxygen atoms in total. The number of benzene rings is 1. The third-order valence-corrected chi connectivity index (χ3v) is 3.52. The molecule has 0 fully saturated rings. The molecule has 0 spiro atoms. The predicted octanol–water partition coefficient (Wildman–Crippen LogP) is -4.26. The van der Waals surface area contributed by atoms with E-state index >= 15 is 0 Å². The second kappa shape index (κ2) is 10.7. The summed E-state index contributed by atoms with van der Waals surface area (Å²) in [4.78, 5) is 35.1. The Morgan fingerprint density at radius 2 is 1.59 bits per heavy atom. The zero-order valence-electron chi connectivity index (χ0n) is 14.3. The number of aromatic hydroxyl groups is 3. The molecule has 9 N–H and O–H groups in total. The van der Waals surface area contributed by atoms with E-state index in [1.165, 1.54) is 0 Å². The van der Waals surface area contributed by atoms with Gasteiger partial charge in [0.05, 0.1) is 12.2 Å². The van der Waals surface area contributed by atoms with Crippen molar-refractivity contribution >= 4 is 47.4 Å². The fraction of sp³-hybridized carbons (Fsp3) is 0.400. The number of rotatable bonds is 7. The standard InChI is InChI=1S/C15H19NO12.Na.H/c1-5(18)16-15(27,11(23)9(21)4-17)12(24)14(26)28-13(25)6-2-7(19)10(22)8(20)3-6;;/h2-3,9,11-12,17,19-24,27H,4H2,1H3,(H,16,18);;/t9-,11-,12+,15+;;/m1../s1. The number of amides is 1. The first kappa shape index (κ1) is 27.0. The van der Waals surface area contributed by atoms with Crippen molar-refractivity contribution in [2.24, 2.45) is 0 Å². The van der Waals surface area contributed by atoms with Crippen LogP contribution in [0.25, 0.3) is 0 Å². The Morgan fingerprint density at radius 1 is 1.10 bits per heavy atom. The van der Waals surface area contributed by atoms with Crippen LogP contribution in [0.4, 0.5) is 0 Å². The van der Waals surface area contributed by atoms with Crippen LogP contribution in [0.1, 0.15) is 17.3 Å². The van der Waals surface area contributed by atoms with E-state index in [-0.39, 0.29) is 29.6 Å². The Labute approximate surface area is 185 Å². The summed E-state index contributed by atoms with van der Waals surface area (Å²) in [6, 6.07) is 1.23. The maximum absolute atomic E-state index is 12.0. The fourth-order valence-corrected chi connectivity index (χ4v) is 2.09. The number of phenols is 3. The van der Waals surface area contributed by atoms with Crippen LogP contribution in [0, 0.1) is 0 Å². The van der Waals surface area contributed by atoms with Crippen molar-refractivity contribution in [2.75, 3.05) is 6.61 Å². The van der Waals surface area contributed by atoms with Crippen LogP contribution in [-0.4, -0.2) is 119 Å². The molecule has 1 aromatic rings. The van der Waals surface area contributed by atoms with Gasteiger partial charge >= 0.3 is 41.5 Å². The first-order chi connectivity index (χ1) is 12.8. The molecule has 0 bridgehead atoms. The molecule has 1 rings (SSSR count). The molecule has 158 valence electrons. The molecule has 0 saturated heterocycles. The number of hydrogen-bond donors (Lipinski definition) is 9. The maximum atomic E-state index is 12.0. The molecule has 1 amide bonds. The quantitative estimate of drug-likeness (QED) is 0.0659. The van der Waals surface area contributed by atoms with Crippen molar-refractivity contribution < 1.29 is 60.0 Å². The van der Waals surface area contributed by atoms with E-state index in [2.05, 4.69) is 4.74 Å². The summed E-state index contributed by atoms with van der Waals surface area (Å²) in [5.74, 6) is -7.36. The summed E-state index contributed by atoms with van der Waals surface area (Å²) in [6.07, 6.45) is -7.42. The van der Waals surface area contributed by atoms with Gasteiger partial charge in [-0.25, -0.2) is 9.59 Å². The van der Waals surface area contributed by atoms with Crippen molar-refractivity contribution in [3.05, 3.63) is 17.7 Å². The normalized spacial score (nSPS) is 15.8. The van der Waals surface area contributed by atoms with Gasteiger partial charge in [0.15, 0.2) is 17.2 Å². The number of phenolic OH excluding ortho intramolecular Hbond substituents is 3. The van der Waals surface area contributed by atoms with Gasteiger partial charge in [0.25, 0.3) is 0 Å². The molecule has 14 heteroatoms. The van der Waals surface area contributed by atoms with Gasteiger partial charge in [0.2, 0.25) is 17.7 Å². The van der Waals surface area contributed by atoms with E-state index in [1.54, 1.807) is 5.32 Å². The Kier molecular flexibility index (Phi) is 9.98. The van der Waals surface area contributed by atoms with E-state index in [9.17, 15) is 50.1 Å². The van der Waals surface area contributed by atoms with Gasteiger partial charge in [-0.15, -0.1) is 0 Å². The van der Waals surface area contributed by atoms with Crippen LogP contribution >= 0.6 is 0 Å². The monoisotopic (exact) mass is 429 g/mol. The number of hydrogen-bond acceptors (Lipinski definition) is 12. The van der Waals surface area contributed by atoms with Crippen LogP contribution in [0.2, 0.25) is 0 Å². The summed E-state index contributed by atoms with van der Waals surface area (Å²) < 4.78 is 4.24. The Balaban J connectivity index is 0.00000784. The van der Waals surface area contributed by atoms with Crippen LogP contribution in [0.3, 0.4) is 0 Å². The molecular weight excluding hydrogens is 409 g/mol. The van der Waals surface area contributed by atoms with Gasteiger partial charge < -0.3 is 50.9 Å². The predicted molar refractivity (Wildman–Crippen MR) is 92.9 cm³/mol. The average Bonchev–Trinajstić information content (AvgIpc) is 2.62. The second-order valence-electron chi connectivity index (χ2n) is 5.68. The van der Waals surface area contributed by atoms with Crippen LogP contribution < -0.4 is 5.32 Å². The van der Waals surface area contributed by atoms with E-state index < -0.39 is 71.3 Å². The molecule has 0 aliphatic carbocycles. The van der Waals surface area contributed by atoms with Gasteiger partial charge in [-0.05, 0) is 12.1 Å². The first-order valence-electron chi connectivity index (χ1n) is 7.52. The topological polar surface area (TPSA) is 234 Å². The molecule has 0 unspecified atom stereocenters. The van der Waals surface area contributed by atoms with Gasteiger partial charge in [-0.2, -0.15) is 0 Å². The van der Waals surface area contributed by atoms with Gasteiger partial charge in [0.1, 0.15) is 12.2 Å². The average molecular weight is 429 g/mol. The second-order valence-corrected chi connectivity index (χ2v) is 5.68. The number of carbonyl (C=O) groups is 3. The number of aliphatic hydroxyl groups is 5. The Hall–Kier alpha value is -1.97. The third kappa shape index (κ3) is 6.25. The summed E-state index contributed by atoms with van der Waals surface area (Å²) in [7, 11) is 0. The van der Waals surface area contributed by atoms with Crippen LogP contribution in [0.5, 0.6) is 17.2 Å². The molecule has 0 aliphatic heterocycles. The number of esters is 2. The molecule has 0 saturated carbocycles. The van der Waals surface area contributed by atoms with E-state index in [0.29, 0.717) is 12.1 Å². The zero-order chi connectivity index (χ0) is 21.8. The summed E-state index contributed by atoms with van der Waals surface area (Å²) in [5.41, 5.74) is -3.91. The van der Waals surface area contributed by atoms with Crippen molar-refractivity contribution in [1.29, 1.82) is 0 Å². The first-order valence-corrected chi connectivity index (χ1v) is 7.52. The zero-order valence-corrected chi connectivity index (χ0v) is 14.3. The van der Waals surface area contributed by atoms with Crippen LogP contribution in [-0.2, 0) is 14.3 Å². The van der Waals surface area contributed by atoms with Crippen molar-refractivity contribution in [2.45, 2.75) is 31.0 Å². The molecule has 4 atom stereocenters. The van der Waals surface area contributed by atoms with E-state index in [4.69, 9.17) is 5.11 Å². The van der Waals surface area contributed by atoms with Gasteiger partial charge in [-0.1, -0.05) is 0 Å². The third-order valence-electron chi connectivity index (χ3n) is 3.52. The van der Waals surface area contributed by atoms with Gasteiger partial charge in [-0.3, -0.25) is 4.79 Å². The molecule has 0 aromatic heterocycles. The molecule has 29 heavy (non-hydrogen) atoms. The van der Waals surface area contributed by atoms with E-state index in [1.807, 2.05) is 0 Å². The number of aliphatic hydroxyl groups excluding tert-OH is 4. The molecule has 0 aliphatic rings. The summed E-state index contributed by atoms with van der Waals surface area (Å²) in [6.45, 7) is -0.302. The summed E-state index contributed by atoms with van der Waals surface area (Å²) >= 11 is 0. The Bertz CT molecular complexity index is 749. The SMILES string of the molecule is CC(=O)N[C@](O)([C@H](O)[C@H](O)CO)[C@@H](O)C(=O)OC(=O)c1cc(O)c(O)c(O)c1.[NaH]. The van der Waals surface area contributed by atoms with Gasteiger partial charge in [0, 0.05) is 6.92 Å². The number of ether oxygens (including phenoxy) is 1. The minimum absolute atomic E-state index is 0. The fourth-order valence-electron chi connectivity index (χ4n) is 2.09. The summed E-state index contributed by atoms with van der Waals surface area (Å²) in [5, 5.41) is 77.8. The van der Waals surface area contributed by atoms with E-state index in [0.717, 1.165) is 6.92 Å².